The number of ether oxygens (including phenoxy) is 1. The zero-order valence-corrected chi connectivity index (χ0v) is 10.1. The second-order valence-corrected chi connectivity index (χ2v) is 4.56. The first-order chi connectivity index (χ1) is 7.65. The topological polar surface area (TPSA) is 61.0 Å². The lowest BCUT2D eigenvalue weighted by Gasteiger charge is -2.06. The molecule has 1 aliphatic carbocycles. The second kappa shape index (κ2) is 4.74. The minimum Gasteiger partial charge on any atom is -0.463 e. The molecule has 1 heterocycles. The molecule has 0 unspecified atom stereocenters. The van der Waals surface area contributed by atoms with Gasteiger partial charge in [-0.15, -0.1) is 0 Å². The zero-order chi connectivity index (χ0) is 11.5. The zero-order valence-electron chi connectivity index (χ0n) is 9.27. The van der Waals surface area contributed by atoms with E-state index in [0.29, 0.717) is 18.3 Å². The van der Waals surface area contributed by atoms with Crippen LogP contribution in [-0.4, -0.2) is 21.6 Å². The summed E-state index contributed by atoms with van der Waals surface area (Å²) in [5.41, 5.74) is 6.92. The Kier molecular flexibility index (Phi) is 3.33. The maximum atomic E-state index is 5.52. The summed E-state index contributed by atoms with van der Waals surface area (Å²) < 4.78 is 5.49. The molecule has 16 heavy (non-hydrogen) atoms. The molecule has 0 aromatic carbocycles. The van der Waals surface area contributed by atoms with Crippen molar-refractivity contribution < 1.29 is 4.74 Å². The maximum absolute atomic E-state index is 5.52. The summed E-state index contributed by atoms with van der Waals surface area (Å²) in [6, 6.07) is 2.14. The Balaban J connectivity index is 1.98. The Labute approximate surface area is 100 Å². The lowest BCUT2D eigenvalue weighted by Crippen LogP contribution is -2.14. The summed E-state index contributed by atoms with van der Waals surface area (Å²) in [5, 5.41) is 0. The van der Waals surface area contributed by atoms with Crippen molar-refractivity contribution in [2.45, 2.75) is 26.2 Å². The first-order valence-corrected chi connectivity index (χ1v) is 5.84. The van der Waals surface area contributed by atoms with Gasteiger partial charge in [0, 0.05) is 5.69 Å². The molecule has 0 bridgehead atoms. The molecule has 86 valence electrons. The Morgan fingerprint density at radius 2 is 2.31 bits per heavy atom. The van der Waals surface area contributed by atoms with Crippen LogP contribution in [0.3, 0.4) is 0 Å². The maximum Gasteiger partial charge on any atom is 0.317 e. The molecule has 1 fully saturated rings. The van der Waals surface area contributed by atoms with Crippen LogP contribution in [0.15, 0.2) is 6.07 Å². The van der Waals surface area contributed by atoms with E-state index in [9.17, 15) is 0 Å². The molecule has 1 aromatic heterocycles. The van der Waals surface area contributed by atoms with E-state index in [1.807, 2.05) is 6.92 Å². The second-order valence-electron chi connectivity index (χ2n) is 4.12. The third kappa shape index (κ3) is 3.13. The molecular formula is C11H15N3OS. The van der Waals surface area contributed by atoms with Crippen LogP contribution in [0, 0.1) is 12.8 Å². The van der Waals surface area contributed by atoms with E-state index in [0.717, 1.165) is 18.0 Å². The van der Waals surface area contributed by atoms with Crippen LogP contribution in [-0.2, 0) is 0 Å². The highest BCUT2D eigenvalue weighted by molar-refractivity contribution is 7.80. The number of hydrogen-bond acceptors (Lipinski definition) is 4. The van der Waals surface area contributed by atoms with Crippen molar-refractivity contribution in [3.05, 3.63) is 17.5 Å². The molecule has 0 atom stereocenters. The standard InChI is InChI=1S/C11H15N3OS/c1-7-6-9(10(12)16)14-11(13-7)15-5-4-8-2-3-8/h6,8H,2-5H2,1H3,(H2,12,16). The summed E-state index contributed by atoms with van der Waals surface area (Å²) in [7, 11) is 0. The van der Waals surface area contributed by atoms with Crippen molar-refractivity contribution >= 4 is 17.2 Å². The fraction of sp³-hybridized carbons (Fsp3) is 0.545. The van der Waals surface area contributed by atoms with Gasteiger partial charge in [-0.25, -0.2) is 4.98 Å². The minimum absolute atomic E-state index is 0.276. The molecule has 1 aromatic rings. The normalized spacial score (nSPS) is 14.8. The fourth-order valence-electron chi connectivity index (χ4n) is 1.46. The molecule has 1 aliphatic rings. The summed E-state index contributed by atoms with van der Waals surface area (Å²) >= 11 is 4.88. The molecule has 2 N–H and O–H groups in total. The van der Waals surface area contributed by atoms with E-state index in [2.05, 4.69) is 9.97 Å². The van der Waals surface area contributed by atoms with Gasteiger partial charge in [-0.1, -0.05) is 25.1 Å². The third-order valence-corrected chi connectivity index (χ3v) is 2.75. The van der Waals surface area contributed by atoms with Crippen molar-refractivity contribution in [1.82, 2.24) is 9.97 Å². The van der Waals surface area contributed by atoms with Gasteiger partial charge in [0.2, 0.25) is 0 Å². The van der Waals surface area contributed by atoms with Gasteiger partial charge in [0.1, 0.15) is 10.7 Å². The van der Waals surface area contributed by atoms with Gasteiger partial charge >= 0.3 is 6.01 Å². The average molecular weight is 237 g/mol. The van der Waals surface area contributed by atoms with Crippen LogP contribution in [0.1, 0.15) is 30.7 Å². The predicted molar refractivity (Wildman–Crippen MR) is 65.5 cm³/mol. The van der Waals surface area contributed by atoms with Crippen molar-refractivity contribution in [2.24, 2.45) is 11.7 Å². The Hall–Kier alpha value is -1.23. The van der Waals surface area contributed by atoms with E-state index in [1.54, 1.807) is 6.07 Å². The summed E-state index contributed by atoms with van der Waals surface area (Å²) in [5.74, 6) is 0.847. The van der Waals surface area contributed by atoms with Crippen LogP contribution in [0.25, 0.3) is 0 Å². The monoisotopic (exact) mass is 237 g/mol. The number of nitrogens with zero attached hydrogens (tertiary/aromatic N) is 2. The molecule has 0 aliphatic heterocycles. The number of rotatable bonds is 5. The van der Waals surface area contributed by atoms with Crippen LogP contribution < -0.4 is 10.5 Å². The number of aromatic nitrogens is 2. The molecule has 0 saturated heterocycles. The smallest absolute Gasteiger partial charge is 0.317 e. The SMILES string of the molecule is Cc1cc(C(N)=S)nc(OCCC2CC2)n1. The Morgan fingerprint density at radius 1 is 1.56 bits per heavy atom. The first-order valence-electron chi connectivity index (χ1n) is 5.43. The van der Waals surface area contributed by atoms with E-state index in [4.69, 9.17) is 22.7 Å². The van der Waals surface area contributed by atoms with Gasteiger partial charge in [0.15, 0.2) is 0 Å². The summed E-state index contributed by atoms with van der Waals surface area (Å²) in [6.45, 7) is 2.54. The summed E-state index contributed by atoms with van der Waals surface area (Å²) in [6.07, 6.45) is 3.74. The molecule has 0 radical (unpaired) electrons. The molecule has 5 heteroatoms. The van der Waals surface area contributed by atoms with Crippen molar-refractivity contribution in [2.75, 3.05) is 6.61 Å². The molecular weight excluding hydrogens is 222 g/mol. The summed E-state index contributed by atoms with van der Waals surface area (Å²) in [4.78, 5) is 8.61. The van der Waals surface area contributed by atoms with Gasteiger partial charge in [0.05, 0.1) is 6.61 Å². The number of thiocarbonyl (C=S) groups is 1. The number of nitrogens with two attached hydrogens (primary N) is 1. The lowest BCUT2D eigenvalue weighted by molar-refractivity contribution is 0.278. The number of hydrogen-bond donors (Lipinski definition) is 1. The van der Waals surface area contributed by atoms with Crippen LogP contribution >= 0.6 is 12.2 Å². The highest BCUT2D eigenvalue weighted by atomic mass is 32.1. The number of aryl methyl sites for hydroxylation is 1. The molecule has 4 nitrogen and oxygen atoms in total. The largest absolute Gasteiger partial charge is 0.463 e. The molecule has 2 rings (SSSR count). The van der Waals surface area contributed by atoms with Crippen LogP contribution in [0.2, 0.25) is 0 Å². The Bertz CT molecular complexity index is 404. The van der Waals surface area contributed by atoms with Crippen molar-refractivity contribution in [1.29, 1.82) is 0 Å². The van der Waals surface area contributed by atoms with E-state index >= 15 is 0 Å². The van der Waals surface area contributed by atoms with Crippen LogP contribution in [0.4, 0.5) is 0 Å². The van der Waals surface area contributed by atoms with Gasteiger partial charge < -0.3 is 10.5 Å². The third-order valence-electron chi connectivity index (χ3n) is 2.54. The molecule has 0 amide bonds. The minimum atomic E-state index is 0.276. The fourth-order valence-corrected chi connectivity index (χ4v) is 1.56. The average Bonchev–Trinajstić information content (AvgIpc) is 3.01. The first kappa shape index (κ1) is 11.3. The highest BCUT2D eigenvalue weighted by Gasteiger charge is 2.20. The van der Waals surface area contributed by atoms with Gasteiger partial charge in [0.25, 0.3) is 0 Å². The van der Waals surface area contributed by atoms with E-state index < -0.39 is 0 Å². The van der Waals surface area contributed by atoms with E-state index in [-0.39, 0.29) is 4.99 Å². The van der Waals surface area contributed by atoms with E-state index in [1.165, 1.54) is 12.8 Å². The highest BCUT2D eigenvalue weighted by Crippen LogP contribution is 2.32. The Morgan fingerprint density at radius 3 is 2.94 bits per heavy atom. The lowest BCUT2D eigenvalue weighted by atomic mass is 10.3. The van der Waals surface area contributed by atoms with Gasteiger partial charge in [-0.2, -0.15) is 4.98 Å². The van der Waals surface area contributed by atoms with Gasteiger partial charge in [-0.3, -0.25) is 0 Å². The van der Waals surface area contributed by atoms with Crippen molar-refractivity contribution in [3.8, 4) is 6.01 Å². The van der Waals surface area contributed by atoms with Gasteiger partial charge in [-0.05, 0) is 25.3 Å². The van der Waals surface area contributed by atoms with Crippen molar-refractivity contribution in [3.63, 3.8) is 0 Å². The molecule has 0 spiro atoms. The molecule has 1 saturated carbocycles. The quantitative estimate of drug-likeness (QED) is 0.788. The van der Waals surface area contributed by atoms with Crippen LogP contribution in [0.5, 0.6) is 6.01 Å². The predicted octanol–water partition coefficient (Wildman–Crippen LogP) is 1.60.